The van der Waals surface area contributed by atoms with Crippen LogP contribution in [0.1, 0.15) is 11.1 Å². The van der Waals surface area contributed by atoms with E-state index in [2.05, 4.69) is 43.3 Å². The molecule has 1 aliphatic heterocycles. The first-order valence-corrected chi connectivity index (χ1v) is 9.96. The largest absolute Gasteiger partial charge is 0.484 e. The summed E-state index contributed by atoms with van der Waals surface area (Å²) in [6.07, 6.45) is 0. The van der Waals surface area contributed by atoms with Crippen LogP contribution in [0.2, 0.25) is 0 Å². The first kappa shape index (κ1) is 18.5. The maximum atomic E-state index is 12.5. The minimum atomic E-state index is 0.0723. The molecule has 4 rings (SSSR count). The smallest absolute Gasteiger partial charge is 0.260 e. The maximum absolute atomic E-state index is 12.5. The second-order valence-corrected chi connectivity index (χ2v) is 7.53. The zero-order chi connectivity index (χ0) is 19.3. The van der Waals surface area contributed by atoms with Crippen molar-refractivity contribution in [2.45, 2.75) is 13.5 Å². The summed E-state index contributed by atoms with van der Waals surface area (Å²) < 4.78 is 5.77. The van der Waals surface area contributed by atoms with Crippen molar-refractivity contribution in [2.24, 2.45) is 0 Å². The lowest BCUT2D eigenvalue weighted by Crippen LogP contribution is -3.13. The van der Waals surface area contributed by atoms with Gasteiger partial charge in [0.05, 0.1) is 26.2 Å². The molecule has 0 unspecified atom stereocenters. The molecular weight excluding hydrogens is 348 g/mol. The molecule has 0 aliphatic carbocycles. The second-order valence-electron chi connectivity index (χ2n) is 7.53. The van der Waals surface area contributed by atoms with Gasteiger partial charge in [-0.25, -0.2) is 0 Å². The standard InChI is InChI=1S/C24H26N2O2/c1-19-6-2-3-9-22(19)17-25-12-14-26(15-13-25)24(27)18-28-23-11-10-20-7-4-5-8-21(20)16-23/h2-11,16H,12-15,17-18H2,1H3/p+1. The molecule has 1 fully saturated rings. The van der Waals surface area contributed by atoms with Crippen LogP contribution in [0.15, 0.2) is 66.7 Å². The van der Waals surface area contributed by atoms with Crippen molar-refractivity contribution in [1.82, 2.24) is 4.90 Å². The van der Waals surface area contributed by atoms with Gasteiger partial charge in [-0.3, -0.25) is 4.79 Å². The molecule has 0 radical (unpaired) electrons. The quantitative estimate of drug-likeness (QED) is 0.743. The Hall–Kier alpha value is -2.85. The molecule has 144 valence electrons. The molecule has 4 nitrogen and oxygen atoms in total. The minimum absolute atomic E-state index is 0.0723. The van der Waals surface area contributed by atoms with E-state index >= 15 is 0 Å². The zero-order valence-electron chi connectivity index (χ0n) is 16.4. The Morgan fingerprint density at radius 3 is 2.46 bits per heavy atom. The molecular formula is C24H27N2O2+. The third-order valence-electron chi connectivity index (χ3n) is 5.61. The van der Waals surface area contributed by atoms with Crippen LogP contribution in [0, 0.1) is 6.92 Å². The van der Waals surface area contributed by atoms with Crippen LogP contribution in [0.3, 0.4) is 0 Å². The van der Waals surface area contributed by atoms with Crippen LogP contribution in [-0.2, 0) is 11.3 Å². The molecule has 1 amide bonds. The van der Waals surface area contributed by atoms with Gasteiger partial charge in [0.2, 0.25) is 0 Å². The fourth-order valence-electron chi connectivity index (χ4n) is 3.82. The molecule has 0 saturated carbocycles. The van der Waals surface area contributed by atoms with Gasteiger partial charge in [-0.15, -0.1) is 0 Å². The number of carbonyl (C=O) groups excluding carboxylic acids is 1. The summed E-state index contributed by atoms with van der Waals surface area (Å²) in [5, 5.41) is 2.30. The number of hydrogen-bond acceptors (Lipinski definition) is 2. The number of hydrogen-bond donors (Lipinski definition) is 1. The molecule has 0 aromatic heterocycles. The highest BCUT2D eigenvalue weighted by molar-refractivity contribution is 5.84. The lowest BCUT2D eigenvalue weighted by Gasteiger charge is -2.32. The summed E-state index contributed by atoms with van der Waals surface area (Å²) in [6.45, 7) is 6.85. The molecule has 28 heavy (non-hydrogen) atoms. The number of amides is 1. The van der Waals surface area contributed by atoms with E-state index in [1.54, 1.807) is 0 Å². The van der Waals surface area contributed by atoms with Crippen LogP contribution < -0.4 is 9.64 Å². The normalized spacial score (nSPS) is 15.0. The van der Waals surface area contributed by atoms with E-state index < -0.39 is 0 Å². The monoisotopic (exact) mass is 375 g/mol. The molecule has 0 spiro atoms. The van der Waals surface area contributed by atoms with Gasteiger partial charge in [-0.05, 0) is 35.4 Å². The van der Waals surface area contributed by atoms with Gasteiger partial charge in [-0.2, -0.15) is 0 Å². The van der Waals surface area contributed by atoms with Crippen molar-refractivity contribution < 1.29 is 14.4 Å². The highest BCUT2D eigenvalue weighted by Crippen LogP contribution is 2.20. The predicted octanol–water partition coefficient (Wildman–Crippen LogP) is 2.45. The fourth-order valence-corrected chi connectivity index (χ4v) is 3.82. The predicted molar refractivity (Wildman–Crippen MR) is 112 cm³/mol. The average molecular weight is 375 g/mol. The Morgan fingerprint density at radius 1 is 0.964 bits per heavy atom. The van der Waals surface area contributed by atoms with Crippen molar-refractivity contribution in [2.75, 3.05) is 32.8 Å². The zero-order valence-corrected chi connectivity index (χ0v) is 16.4. The topological polar surface area (TPSA) is 34.0 Å². The number of fused-ring (bicyclic) bond motifs is 1. The Bertz CT molecular complexity index is 961. The highest BCUT2D eigenvalue weighted by Gasteiger charge is 2.24. The molecule has 1 saturated heterocycles. The van der Waals surface area contributed by atoms with Gasteiger partial charge in [0.25, 0.3) is 5.91 Å². The van der Waals surface area contributed by atoms with Gasteiger partial charge in [-0.1, -0.05) is 54.6 Å². The molecule has 0 atom stereocenters. The van der Waals surface area contributed by atoms with Crippen molar-refractivity contribution in [3.8, 4) is 5.75 Å². The third kappa shape index (κ3) is 4.34. The van der Waals surface area contributed by atoms with Crippen molar-refractivity contribution in [3.63, 3.8) is 0 Å². The summed E-state index contributed by atoms with van der Waals surface area (Å²) in [5.41, 5.74) is 2.74. The molecule has 1 aliphatic rings. The molecule has 3 aromatic carbocycles. The highest BCUT2D eigenvalue weighted by atomic mass is 16.5. The Balaban J connectivity index is 1.27. The van der Waals surface area contributed by atoms with Crippen LogP contribution in [0.5, 0.6) is 5.75 Å². The lowest BCUT2D eigenvalue weighted by molar-refractivity contribution is -0.917. The van der Waals surface area contributed by atoms with E-state index in [0.717, 1.165) is 43.9 Å². The number of rotatable bonds is 5. The SMILES string of the molecule is Cc1ccccc1C[NH+]1CCN(C(=O)COc2ccc3ccccc3c2)CC1. The van der Waals surface area contributed by atoms with Crippen molar-refractivity contribution in [1.29, 1.82) is 0 Å². The van der Waals surface area contributed by atoms with Crippen molar-refractivity contribution in [3.05, 3.63) is 77.9 Å². The molecule has 4 heteroatoms. The number of ether oxygens (including phenoxy) is 1. The minimum Gasteiger partial charge on any atom is -0.484 e. The van der Waals surface area contributed by atoms with Gasteiger partial charge in [0.1, 0.15) is 12.3 Å². The summed E-state index contributed by atoms with van der Waals surface area (Å²) in [6, 6.07) is 22.7. The summed E-state index contributed by atoms with van der Waals surface area (Å²) in [7, 11) is 0. The van der Waals surface area contributed by atoms with Crippen molar-refractivity contribution >= 4 is 16.7 Å². The number of nitrogens with one attached hydrogen (secondary N) is 1. The number of nitrogens with zero attached hydrogens (tertiary/aromatic N) is 1. The number of benzene rings is 3. The first-order chi connectivity index (χ1) is 13.7. The Labute approximate surface area is 166 Å². The lowest BCUT2D eigenvalue weighted by atomic mass is 10.1. The second kappa shape index (κ2) is 8.44. The molecule has 1 N–H and O–H groups in total. The van der Waals surface area contributed by atoms with Crippen LogP contribution in [-0.4, -0.2) is 43.6 Å². The van der Waals surface area contributed by atoms with E-state index in [0.29, 0.717) is 0 Å². The van der Waals surface area contributed by atoms with Crippen LogP contribution >= 0.6 is 0 Å². The van der Waals surface area contributed by atoms with E-state index in [4.69, 9.17) is 4.74 Å². The van der Waals surface area contributed by atoms with Gasteiger partial charge in [0.15, 0.2) is 6.61 Å². The molecule has 3 aromatic rings. The summed E-state index contributed by atoms with van der Waals surface area (Å²) in [4.78, 5) is 16.0. The van der Waals surface area contributed by atoms with E-state index in [9.17, 15) is 4.79 Å². The number of quaternary nitrogens is 1. The van der Waals surface area contributed by atoms with Crippen LogP contribution in [0.4, 0.5) is 0 Å². The number of carbonyl (C=O) groups is 1. The summed E-state index contributed by atoms with van der Waals surface area (Å²) >= 11 is 0. The molecule has 0 bridgehead atoms. The fraction of sp³-hybridized carbons (Fsp3) is 0.292. The van der Waals surface area contributed by atoms with Gasteiger partial charge < -0.3 is 14.5 Å². The Morgan fingerprint density at radius 2 is 1.68 bits per heavy atom. The average Bonchev–Trinajstić information content (AvgIpc) is 2.74. The number of piperazine rings is 1. The summed E-state index contributed by atoms with van der Waals surface area (Å²) in [5.74, 6) is 0.818. The van der Waals surface area contributed by atoms with E-state index in [-0.39, 0.29) is 12.5 Å². The van der Waals surface area contributed by atoms with Gasteiger partial charge >= 0.3 is 0 Å². The Kier molecular flexibility index (Phi) is 5.58. The third-order valence-corrected chi connectivity index (χ3v) is 5.61. The van der Waals surface area contributed by atoms with Crippen LogP contribution in [0.25, 0.3) is 10.8 Å². The number of aryl methyl sites for hydroxylation is 1. The first-order valence-electron chi connectivity index (χ1n) is 9.96. The molecule has 1 heterocycles. The van der Waals surface area contributed by atoms with Gasteiger partial charge in [0, 0.05) is 5.56 Å². The van der Waals surface area contributed by atoms with E-state index in [1.165, 1.54) is 21.4 Å². The maximum Gasteiger partial charge on any atom is 0.260 e. The van der Waals surface area contributed by atoms with E-state index in [1.807, 2.05) is 35.2 Å².